The fourth-order valence-electron chi connectivity index (χ4n) is 2.12. The Labute approximate surface area is 152 Å². The average molecular weight is 376 g/mol. The molecule has 0 aliphatic heterocycles. The molecular weight excluding hydrogens is 356 g/mol. The SMILES string of the molecule is CN(C)N=Nc1ccc(S(=O)(=O)N[C@H](Cc2ccccc2)C(=O)O)cc1. The number of aliphatic carboxylic acids is 1. The van der Waals surface area contributed by atoms with Crippen molar-refractivity contribution in [1.82, 2.24) is 9.73 Å². The van der Waals surface area contributed by atoms with Gasteiger partial charge in [0, 0.05) is 14.1 Å². The number of nitrogens with zero attached hydrogens (tertiary/aromatic N) is 3. The van der Waals surface area contributed by atoms with E-state index >= 15 is 0 Å². The Hall–Kier alpha value is -2.78. The van der Waals surface area contributed by atoms with Gasteiger partial charge in [0.1, 0.15) is 6.04 Å². The van der Waals surface area contributed by atoms with Crippen LogP contribution in [0.3, 0.4) is 0 Å². The first-order valence-electron chi connectivity index (χ1n) is 7.76. The highest BCUT2D eigenvalue weighted by molar-refractivity contribution is 7.89. The van der Waals surface area contributed by atoms with Gasteiger partial charge in [-0.15, -0.1) is 5.11 Å². The molecule has 8 nitrogen and oxygen atoms in total. The van der Waals surface area contributed by atoms with E-state index in [2.05, 4.69) is 15.1 Å². The van der Waals surface area contributed by atoms with Crippen molar-refractivity contribution in [3.05, 3.63) is 60.2 Å². The Kier molecular flexibility index (Phi) is 6.42. The summed E-state index contributed by atoms with van der Waals surface area (Å²) in [6.45, 7) is 0. The molecule has 0 fully saturated rings. The summed E-state index contributed by atoms with van der Waals surface area (Å²) in [5, 5.41) is 18.6. The first kappa shape index (κ1) is 19.5. The predicted octanol–water partition coefficient (Wildman–Crippen LogP) is 2.22. The van der Waals surface area contributed by atoms with Crippen molar-refractivity contribution in [1.29, 1.82) is 0 Å². The molecule has 0 unspecified atom stereocenters. The highest BCUT2D eigenvalue weighted by Gasteiger charge is 2.25. The summed E-state index contributed by atoms with van der Waals surface area (Å²) in [4.78, 5) is 11.4. The Morgan fingerprint density at radius 3 is 2.27 bits per heavy atom. The van der Waals surface area contributed by atoms with Gasteiger partial charge in [0.15, 0.2) is 0 Å². The van der Waals surface area contributed by atoms with Crippen LogP contribution in [0.2, 0.25) is 0 Å². The molecule has 0 saturated heterocycles. The van der Waals surface area contributed by atoms with Crippen molar-refractivity contribution >= 4 is 21.7 Å². The van der Waals surface area contributed by atoms with E-state index in [-0.39, 0.29) is 11.3 Å². The number of hydrogen-bond donors (Lipinski definition) is 2. The van der Waals surface area contributed by atoms with Gasteiger partial charge in [0.05, 0.1) is 10.6 Å². The van der Waals surface area contributed by atoms with E-state index in [0.29, 0.717) is 5.69 Å². The van der Waals surface area contributed by atoms with E-state index in [4.69, 9.17) is 0 Å². The fraction of sp³-hybridized carbons (Fsp3) is 0.235. The standard InChI is InChI=1S/C17H20N4O4S/c1-21(2)20-18-14-8-10-15(11-9-14)26(24,25)19-16(17(22)23)12-13-6-4-3-5-7-13/h3-11,16,19H,12H2,1-2H3,(H,22,23)/t16-/m1/s1. The van der Waals surface area contributed by atoms with Crippen LogP contribution in [0.25, 0.3) is 0 Å². The van der Waals surface area contributed by atoms with Crippen LogP contribution in [0.4, 0.5) is 5.69 Å². The molecule has 1 atom stereocenters. The number of sulfonamides is 1. The zero-order chi connectivity index (χ0) is 19.2. The first-order chi connectivity index (χ1) is 12.3. The average Bonchev–Trinajstić information content (AvgIpc) is 2.60. The van der Waals surface area contributed by atoms with Gasteiger partial charge < -0.3 is 5.11 Å². The van der Waals surface area contributed by atoms with Crippen LogP contribution in [-0.4, -0.2) is 44.6 Å². The van der Waals surface area contributed by atoms with Crippen LogP contribution in [0.15, 0.2) is 69.8 Å². The van der Waals surface area contributed by atoms with Gasteiger partial charge in [0.25, 0.3) is 0 Å². The number of benzene rings is 2. The molecule has 2 rings (SSSR count). The molecule has 0 aliphatic carbocycles. The molecular formula is C17H20N4O4S. The normalized spacial score (nSPS) is 12.8. The molecule has 0 radical (unpaired) electrons. The monoisotopic (exact) mass is 376 g/mol. The topological polar surface area (TPSA) is 111 Å². The van der Waals surface area contributed by atoms with E-state index in [0.717, 1.165) is 5.56 Å². The lowest BCUT2D eigenvalue weighted by molar-refractivity contribution is -0.138. The van der Waals surface area contributed by atoms with Gasteiger partial charge >= 0.3 is 5.97 Å². The van der Waals surface area contributed by atoms with Crippen molar-refractivity contribution in [2.24, 2.45) is 10.3 Å². The molecule has 26 heavy (non-hydrogen) atoms. The van der Waals surface area contributed by atoms with Gasteiger partial charge in [-0.3, -0.25) is 9.80 Å². The second-order valence-electron chi connectivity index (χ2n) is 5.73. The smallest absolute Gasteiger partial charge is 0.322 e. The summed E-state index contributed by atoms with van der Waals surface area (Å²) in [5.74, 6) is -1.24. The summed E-state index contributed by atoms with van der Waals surface area (Å²) < 4.78 is 27.2. The third kappa shape index (κ3) is 5.64. The van der Waals surface area contributed by atoms with Crippen molar-refractivity contribution in [2.45, 2.75) is 17.4 Å². The maximum absolute atomic E-state index is 12.5. The summed E-state index contributed by atoms with van der Waals surface area (Å²) in [7, 11) is -0.560. The lowest BCUT2D eigenvalue weighted by atomic mass is 10.1. The van der Waals surface area contributed by atoms with Gasteiger partial charge in [-0.1, -0.05) is 35.6 Å². The van der Waals surface area contributed by atoms with Crippen molar-refractivity contribution < 1.29 is 18.3 Å². The Morgan fingerprint density at radius 1 is 1.12 bits per heavy atom. The van der Waals surface area contributed by atoms with Gasteiger partial charge in [0.2, 0.25) is 10.0 Å². The van der Waals surface area contributed by atoms with Crippen LogP contribution in [0, 0.1) is 0 Å². The van der Waals surface area contributed by atoms with E-state index in [1.165, 1.54) is 29.3 Å². The minimum Gasteiger partial charge on any atom is -0.480 e. The van der Waals surface area contributed by atoms with E-state index in [1.807, 2.05) is 0 Å². The maximum Gasteiger partial charge on any atom is 0.322 e. The van der Waals surface area contributed by atoms with Gasteiger partial charge in [-0.25, -0.2) is 8.42 Å². The highest BCUT2D eigenvalue weighted by atomic mass is 32.2. The first-order valence-corrected chi connectivity index (χ1v) is 9.24. The summed E-state index contributed by atoms with van der Waals surface area (Å²) >= 11 is 0. The van der Waals surface area contributed by atoms with Crippen LogP contribution < -0.4 is 4.72 Å². The molecule has 2 aromatic carbocycles. The molecule has 0 bridgehead atoms. The number of rotatable bonds is 8. The highest BCUT2D eigenvalue weighted by Crippen LogP contribution is 2.17. The molecule has 138 valence electrons. The second kappa shape index (κ2) is 8.54. The molecule has 0 aliphatic rings. The minimum atomic E-state index is -3.99. The number of nitrogens with one attached hydrogen (secondary N) is 1. The van der Waals surface area contributed by atoms with Gasteiger partial charge in [-0.2, -0.15) is 4.72 Å². The third-order valence-electron chi connectivity index (χ3n) is 3.36. The van der Waals surface area contributed by atoms with Crippen LogP contribution >= 0.6 is 0 Å². The lowest BCUT2D eigenvalue weighted by Gasteiger charge is -2.15. The Bertz CT molecular complexity index is 865. The molecule has 2 N–H and O–H groups in total. The molecule has 0 aromatic heterocycles. The molecule has 0 amide bonds. The van der Waals surface area contributed by atoms with E-state index in [9.17, 15) is 18.3 Å². The van der Waals surface area contributed by atoms with Crippen LogP contribution in [-0.2, 0) is 21.2 Å². The second-order valence-corrected chi connectivity index (χ2v) is 7.45. The largest absolute Gasteiger partial charge is 0.480 e. The summed E-state index contributed by atoms with van der Waals surface area (Å²) in [6.07, 6.45) is 0.0462. The lowest BCUT2D eigenvalue weighted by Crippen LogP contribution is -2.42. The number of carbonyl (C=O) groups is 1. The molecule has 9 heteroatoms. The molecule has 0 saturated carbocycles. The van der Waals surface area contributed by atoms with E-state index < -0.39 is 22.0 Å². The maximum atomic E-state index is 12.5. The van der Waals surface area contributed by atoms with Crippen molar-refractivity contribution in [3.63, 3.8) is 0 Å². The van der Waals surface area contributed by atoms with Crippen LogP contribution in [0.5, 0.6) is 0 Å². The quantitative estimate of drug-likeness (QED) is 0.542. The van der Waals surface area contributed by atoms with Crippen LogP contribution in [0.1, 0.15) is 5.56 Å². The zero-order valence-electron chi connectivity index (χ0n) is 14.4. The van der Waals surface area contributed by atoms with Crippen molar-refractivity contribution in [3.8, 4) is 0 Å². The Balaban J connectivity index is 2.15. The molecule has 2 aromatic rings. The third-order valence-corrected chi connectivity index (χ3v) is 4.85. The molecule has 0 spiro atoms. The zero-order valence-corrected chi connectivity index (χ0v) is 15.2. The summed E-state index contributed by atoms with van der Waals surface area (Å²) in [6, 6.07) is 13.3. The number of hydrogen-bond acceptors (Lipinski definition) is 5. The number of carboxylic acid groups (broad SMARTS) is 1. The van der Waals surface area contributed by atoms with E-state index in [1.54, 1.807) is 44.4 Å². The molecule has 0 heterocycles. The minimum absolute atomic E-state index is 0.0411. The number of carboxylic acids is 1. The van der Waals surface area contributed by atoms with Gasteiger partial charge in [-0.05, 0) is 36.2 Å². The predicted molar refractivity (Wildman–Crippen MR) is 96.5 cm³/mol. The van der Waals surface area contributed by atoms with Crippen molar-refractivity contribution in [2.75, 3.05) is 14.1 Å². The fourth-order valence-corrected chi connectivity index (χ4v) is 3.31. The Morgan fingerprint density at radius 2 is 1.73 bits per heavy atom. The summed E-state index contributed by atoms with van der Waals surface area (Å²) in [5.41, 5.74) is 1.21.